The average molecular weight is 281 g/mol. The Bertz CT molecular complexity index is 861. The molecule has 2 rings (SSSR count). The van der Waals surface area contributed by atoms with Crippen LogP contribution in [0.4, 0.5) is 0 Å². The summed E-state index contributed by atoms with van der Waals surface area (Å²) in [4.78, 5) is 11.4. The summed E-state index contributed by atoms with van der Waals surface area (Å²) in [5.41, 5.74) is -0.0604. The molecule has 0 radical (unpaired) electrons. The first-order chi connectivity index (χ1) is 10.1. The summed E-state index contributed by atoms with van der Waals surface area (Å²) < 4.78 is 2.58. The van der Waals surface area contributed by atoms with Crippen molar-refractivity contribution in [2.24, 2.45) is 0 Å². The Labute approximate surface area is 120 Å². The van der Waals surface area contributed by atoms with Crippen LogP contribution in [0.5, 0.6) is 0 Å². The molecule has 0 aliphatic rings. The van der Waals surface area contributed by atoms with Gasteiger partial charge in [-0.05, 0) is 19.1 Å². The number of carbonyl (C=O) groups is 1. The topological polar surface area (TPSA) is 119 Å². The Morgan fingerprint density at radius 1 is 1.33 bits per heavy atom. The van der Waals surface area contributed by atoms with Gasteiger partial charge in [-0.25, -0.2) is 9.48 Å². The maximum Gasteiger partial charge on any atom is 0.355 e. The number of hydrogen-bond donors (Lipinski definition) is 2. The lowest BCUT2D eigenvalue weighted by atomic mass is 10.2. The van der Waals surface area contributed by atoms with Crippen LogP contribution in [0.1, 0.15) is 28.5 Å². The number of aromatic carboxylic acids is 1. The first kappa shape index (κ1) is 14.1. The molecule has 1 aromatic heterocycles. The van der Waals surface area contributed by atoms with Crippen LogP contribution in [-0.2, 0) is 6.54 Å². The van der Waals surface area contributed by atoms with Crippen molar-refractivity contribution in [2.75, 3.05) is 0 Å². The minimum Gasteiger partial charge on any atom is -0.476 e. The molecule has 1 aromatic carbocycles. The monoisotopic (exact) mass is 281 g/mol. The first-order valence-electron chi connectivity index (χ1n) is 6.10. The fourth-order valence-corrected chi connectivity index (χ4v) is 2.19. The molecule has 0 unspecified atom stereocenters. The second kappa shape index (κ2) is 5.35. The van der Waals surface area contributed by atoms with Crippen LogP contribution in [0, 0.1) is 28.1 Å². The molecule has 0 fully saturated rings. The molecule has 0 spiro atoms. The molecule has 7 nitrogen and oxygen atoms in total. The molecule has 0 bridgehead atoms. The van der Waals surface area contributed by atoms with Gasteiger partial charge >= 0.3 is 5.97 Å². The summed E-state index contributed by atoms with van der Waals surface area (Å²) in [7, 11) is 0. The number of aromatic nitrogens is 2. The molecule has 0 saturated carbocycles. The number of rotatable bonds is 3. The Morgan fingerprint density at radius 2 is 2.00 bits per heavy atom. The van der Waals surface area contributed by atoms with E-state index in [1.165, 1.54) is 9.36 Å². The number of carboxylic acids is 1. The number of carboxylic acid groups (broad SMARTS) is 1. The average Bonchev–Trinajstić information content (AvgIpc) is 2.78. The number of benzene rings is 1. The summed E-state index contributed by atoms with van der Waals surface area (Å²) in [5, 5.41) is 35.6. The van der Waals surface area contributed by atoms with Crippen LogP contribution >= 0.6 is 0 Å². The molecule has 0 aliphatic carbocycles. The van der Waals surface area contributed by atoms with E-state index in [4.69, 9.17) is 15.9 Å². The third-order valence-electron chi connectivity index (χ3n) is 3.05. The maximum atomic E-state index is 11.4. The van der Waals surface area contributed by atoms with Gasteiger partial charge in [-0.3, -0.25) is 10.1 Å². The normalized spacial score (nSPS) is 9.86. The Hall–Kier alpha value is -3.32. The van der Waals surface area contributed by atoms with Gasteiger partial charge in [0.25, 0.3) is 0 Å². The number of hydrogen-bond acceptors (Lipinski definition) is 4. The van der Waals surface area contributed by atoms with Gasteiger partial charge in [-0.1, -0.05) is 12.1 Å². The molecule has 0 amide bonds. The zero-order valence-electron chi connectivity index (χ0n) is 11.2. The van der Waals surface area contributed by atoms with Crippen LogP contribution in [0.3, 0.4) is 0 Å². The van der Waals surface area contributed by atoms with Gasteiger partial charge in [0, 0.05) is 6.54 Å². The van der Waals surface area contributed by atoms with E-state index >= 15 is 0 Å². The van der Waals surface area contributed by atoms with E-state index in [2.05, 4.69) is 0 Å². The number of nitrogens with one attached hydrogen (secondary N) is 1. The lowest BCUT2D eigenvalue weighted by Gasteiger charge is -2.13. The van der Waals surface area contributed by atoms with E-state index in [1.807, 2.05) is 6.07 Å². The molecule has 2 aromatic rings. The van der Waals surface area contributed by atoms with Crippen LogP contribution < -0.4 is 5.49 Å². The minimum absolute atomic E-state index is 0.225. The zero-order valence-corrected chi connectivity index (χ0v) is 11.2. The Balaban J connectivity index is 2.96. The molecule has 0 aliphatic heterocycles. The van der Waals surface area contributed by atoms with Crippen molar-refractivity contribution in [3.8, 4) is 17.8 Å². The number of nitriles is 2. The largest absolute Gasteiger partial charge is 0.476 e. The second-order valence-electron chi connectivity index (χ2n) is 4.15. The zero-order chi connectivity index (χ0) is 15.6. The van der Waals surface area contributed by atoms with E-state index in [1.54, 1.807) is 37.3 Å². The van der Waals surface area contributed by atoms with Crippen LogP contribution in [0.15, 0.2) is 24.3 Å². The number of para-hydroxylation sites is 1. The first-order valence-corrected chi connectivity index (χ1v) is 6.10. The van der Waals surface area contributed by atoms with Gasteiger partial charge in [0.1, 0.15) is 17.7 Å². The van der Waals surface area contributed by atoms with Crippen molar-refractivity contribution in [1.82, 2.24) is 9.36 Å². The summed E-state index contributed by atoms with van der Waals surface area (Å²) in [6, 6.07) is 10.3. The number of nitrogens with zero attached hydrogens (tertiary/aromatic N) is 4. The SMILES string of the molecule is CCn1c(C(=O)O)c(C#N)c(=N)n1-c1ccccc1C#N. The molecular weight excluding hydrogens is 270 g/mol. The van der Waals surface area contributed by atoms with Crippen LogP contribution in [0.25, 0.3) is 5.69 Å². The lowest BCUT2D eigenvalue weighted by molar-refractivity contribution is 0.0682. The fraction of sp³-hybridized carbons (Fsp3) is 0.143. The van der Waals surface area contributed by atoms with E-state index < -0.39 is 5.97 Å². The molecular formula is C14H11N5O2. The predicted molar refractivity (Wildman–Crippen MR) is 71.7 cm³/mol. The summed E-state index contributed by atoms with van der Waals surface area (Å²) in [5.74, 6) is -1.28. The Morgan fingerprint density at radius 3 is 2.52 bits per heavy atom. The van der Waals surface area contributed by atoms with Crippen molar-refractivity contribution in [1.29, 1.82) is 15.9 Å². The lowest BCUT2D eigenvalue weighted by Crippen LogP contribution is -2.23. The molecule has 0 atom stereocenters. The van der Waals surface area contributed by atoms with Gasteiger partial charge < -0.3 is 5.11 Å². The van der Waals surface area contributed by atoms with Gasteiger partial charge in [0.15, 0.2) is 11.2 Å². The van der Waals surface area contributed by atoms with Gasteiger partial charge in [-0.2, -0.15) is 10.5 Å². The standard InChI is InChI=1S/C14H11N5O2/c1-2-18-12(14(20)21)10(8-16)13(17)19(18)11-6-4-3-5-9(11)7-15/h3-6,17H,2H2,1H3,(H,20,21). The van der Waals surface area contributed by atoms with E-state index in [0.29, 0.717) is 11.3 Å². The predicted octanol–water partition coefficient (Wildman–Crippen LogP) is 1.22. The summed E-state index contributed by atoms with van der Waals surface area (Å²) in [6.45, 7) is 1.95. The molecule has 0 saturated heterocycles. The highest BCUT2D eigenvalue weighted by atomic mass is 16.4. The van der Waals surface area contributed by atoms with Crippen LogP contribution in [0.2, 0.25) is 0 Å². The fourth-order valence-electron chi connectivity index (χ4n) is 2.19. The third-order valence-corrected chi connectivity index (χ3v) is 3.05. The second-order valence-corrected chi connectivity index (χ2v) is 4.15. The summed E-state index contributed by atoms with van der Waals surface area (Å²) >= 11 is 0. The van der Waals surface area contributed by atoms with E-state index in [9.17, 15) is 9.90 Å². The molecule has 104 valence electrons. The summed E-state index contributed by atoms with van der Waals surface area (Å²) in [6.07, 6.45) is 0. The van der Waals surface area contributed by atoms with E-state index in [-0.39, 0.29) is 23.3 Å². The van der Waals surface area contributed by atoms with Gasteiger partial charge in [-0.15, -0.1) is 0 Å². The van der Waals surface area contributed by atoms with Crippen molar-refractivity contribution in [3.63, 3.8) is 0 Å². The van der Waals surface area contributed by atoms with Crippen molar-refractivity contribution in [2.45, 2.75) is 13.5 Å². The highest BCUT2D eigenvalue weighted by molar-refractivity contribution is 5.88. The smallest absolute Gasteiger partial charge is 0.355 e. The molecule has 1 heterocycles. The van der Waals surface area contributed by atoms with Gasteiger partial charge in [0.05, 0.1) is 11.3 Å². The van der Waals surface area contributed by atoms with Gasteiger partial charge in [0.2, 0.25) is 0 Å². The molecule has 2 N–H and O–H groups in total. The molecule has 7 heteroatoms. The maximum absolute atomic E-state index is 11.4. The Kier molecular flexibility index (Phi) is 3.59. The minimum atomic E-state index is -1.28. The molecule has 21 heavy (non-hydrogen) atoms. The van der Waals surface area contributed by atoms with Crippen molar-refractivity contribution >= 4 is 5.97 Å². The third kappa shape index (κ3) is 2.07. The highest BCUT2D eigenvalue weighted by Gasteiger charge is 2.24. The highest BCUT2D eigenvalue weighted by Crippen LogP contribution is 2.15. The van der Waals surface area contributed by atoms with Crippen LogP contribution in [-0.4, -0.2) is 20.4 Å². The van der Waals surface area contributed by atoms with E-state index in [0.717, 1.165) is 0 Å². The van der Waals surface area contributed by atoms with Crippen molar-refractivity contribution in [3.05, 3.63) is 46.6 Å². The van der Waals surface area contributed by atoms with Crippen molar-refractivity contribution < 1.29 is 9.90 Å². The quantitative estimate of drug-likeness (QED) is 0.878.